The van der Waals surface area contributed by atoms with Crippen LogP contribution in [0.5, 0.6) is 0 Å². The van der Waals surface area contributed by atoms with Crippen molar-refractivity contribution in [3.8, 4) is 0 Å². The highest BCUT2D eigenvalue weighted by molar-refractivity contribution is 5.69. The molecule has 0 aromatic heterocycles. The van der Waals surface area contributed by atoms with E-state index in [2.05, 4.69) is 0 Å². The van der Waals surface area contributed by atoms with Crippen LogP contribution in [0.4, 0.5) is 0 Å². The summed E-state index contributed by atoms with van der Waals surface area (Å²) in [6.07, 6.45) is 5.58. The molecule has 0 spiro atoms. The highest BCUT2D eigenvalue weighted by atomic mass is 16.7. The zero-order valence-corrected chi connectivity index (χ0v) is 9.44. The molecule has 16 heavy (non-hydrogen) atoms. The number of rotatable bonds is 4. The maximum absolute atomic E-state index is 11.7. The van der Waals surface area contributed by atoms with Crippen LogP contribution < -0.4 is 0 Å². The molecule has 3 aliphatic heterocycles. The fraction of sp³-hybridized carbons (Fsp3) is 0.917. The first-order chi connectivity index (χ1) is 7.76. The van der Waals surface area contributed by atoms with E-state index >= 15 is 0 Å². The van der Waals surface area contributed by atoms with Crippen molar-refractivity contribution in [1.82, 2.24) is 0 Å². The summed E-state index contributed by atoms with van der Waals surface area (Å²) in [5.74, 6) is -0.00716. The number of epoxide rings is 1. The van der Waals surface area contributed by atoms with Gasteiger partial charge < -0.3 is 14.2 Å². The fourth-order valence-electron chi connectivity index (χ4n) is 2.60. The van der Waals surface area contributed by atoms with Crippen molar-refractivity contribution in [3.05, 3.63) is 0 Å². The molecule has 4 nitrogen and oxygen atoms in total. The number of hydrogen-bond acceptors (Lipinski definition) is 4. The highest BCUT2D eigenvalue weighted by Crippen LogP contribution is 2.42. The molecule has 4 fully saturated rings. The summed E-state index contributed by atoms with van der Waals surface area (Å²) < 4.78 is 16.3. The van der Waals surface area contributed by atoms with Gasteiger partial charge in [-0.3, -0.25) is 4.79 Å². The maximum atomic E-state index is 11.7. The van der Waals surface area contributed by atoms with Gasteiger partial charge in [0.25, 0.3) is 0 Å². The molecule has 0 amide bonds. The Morgan fingerprint density at radius 2 is 2.06 bits per heavy atom. The van der Waals surface area contributed by atoms with Crippen LogP contribution in [0, 0.1) is 5.92 Å². The Balaban J connectivity index is 1.49. The number of carbonyl (C=O) groups excluding carboxylic acids is 1. The number of fused-ring (bicyclic) bond motifs is 3. The minimum atomic E-state index is -0.573. The average molecular weight is 226 g/mol. The topological polar surface area (TPSA) is 48.1 Å². The second-order valence-electron chi connectivity index (χ2n) is 5.13. The monoisotopic (exact) mass is 226 g/mol. The Labute approximate surface area is 95.2 Å². The van der Waals surface area contributed by atoms with Crippen LogP contribution >= 0.6 is 0 Å². The Morgan fingerprint density at radius 1 is 1.31 bits per heavy atom. The second-order valence-corrected chi connectivity index (χ2v) is 5.13. The molecule has 0 N–H and O–H groups in total. The molecule has 1 unspecified atom stereocenters. The molecule has 4 aliphatic rings. The number of esters is 1. The second kappa shape index (κ2) is 4.00. The predicted octanol–water partition coefficient (Wildman–Crippen LogP) is 1.63. The van der Waals surface area contributed by atoms with E-state index in [1.54, 1.807) is 0 Å². The molecule has 1 aliphatic carbocycles. The lowest BCUT2D eigenvalue weighted by Gasteiger charge is -2.45. The largest absolute Gasteiger partial charge is 0.433 e. The molecule has 4 rings (SSSR count). The Hall–Kier alpha value is -0.610. The summed E-state index contributed by atoms with van der Waals surface area (Å²) in [5, 5.41) is 0. The van der Waals surface area contributed by atoms with E-state index in [1.165, 1.54) is 0 Å². The zero-order chi connectivity index (χ0) is 11.0. The van der Waals surface area contributed by atoms with Crippen molar-refractivity contribution in [2.45, 2.75) is 50.4 Å². The van der Waals surface area contributed by atoms with E-state index < -0.39 is 5.79 Å². The Morgan fingerprint density at radius 3 is 2.62 bits per heavy atom. The lowest BCUT2D eigenvalue weighted by atomic mass is 9.82. The van der Waals surface area contributed by atoms with Crippen LogP contribution in [-0.4, -0.2) is 31.1 Å². The third-order valence-corrected chi connectivity index (χ3v) is 3.82. The number of hydrogen-bond donors (Lipinski definition) is 0. The highest BCUT2D eigenvalue weighted by Gasteiger charge is 2.44. The maximum Gasteiger partial charge on any atom is 0.308 e. The van der Waals surface area contributed by atoms with Crippen molar-refractivity contribution in [1.29, 1.82) is 0 Å². The average Bonchev–Trinajstić information content (AvgIpc) is 3.12. The van der Waals surface area contributed by atoms with Crippen LogP contribution in [0.15, 0.2) is 0 Å². The van der Waals surface area contributed by atoms with E-state index in [0.29, 0.717) is 18.4 Å². The van der Waals surface area contributed by atoms with E-state index in [-0.39, 0.29) is 5.97 Å². The van der Waals surface area contributed by atoms with Crippen LogP contribution in [-0.2, 0) is 19.0 Å². The van der Waals surface area contributed by atoms with E-state index in [9.17, 15) is 4.79 Å². The van der Waals surface area contributed by atoms with Gasteiger partial charge in [-0.15, -0.1) is 0 Å². The molecule has 1 saturated carbocycles. The molecule has 1 atom stereocenters. The van der Waals surface area contributed by atoms with Crippen LogP contribution in [0.25, 0.3) is 0 Å². The molecule has 0 radical (unpaired) electrons. The molecule has 90 valence electrons. The third kappa shape index (κ3) is 2.23. The molecule has 3 heterocycles. The van der Waals surface area contributed by atoms with Crippen LogP contribution in [0.1, 0.15) is 38.5 Å². The first-order valence-electron chi connectivity index (χ1n) is 6.23. The minimum absolute atomic E-state index is 0.129. The van der Waals surface area contributed by atoms with Gasteiger partial charge >= 0.3 is 5.97 Å². The van der Waals surface area contributed by atoms with Crippen molar-refractivity contribution in [2.24, 2.45) is 5.92 Å². The molecule has 4 heteroatoms. The number of carbonyl (C=O) groups is 1. The first-order valence-corrected chi connectivity index (χ1v) is 6.23. The summed E-state index contributed by atoms with van der Waals surface area (Å²) in [5.41, 5.74) is 0. The van der Waals surface area contributed by atoms with Crippen LogP contribution in [0.2, 0.25) is 0 Å². The van der Waals surface area contributed by atoms with Gasteiger partial charge in [-0.2, -0.15) is 0 Å². The first kappa shape index (κ1) is 10.5. The van der Waals surface area contributed by atoms with Gasteiger partial charge in [-0.1, -0.05) is 0 Å². The molecule has 3 saturated heterocycles. The van der Waals surface area contributed by atoms with E-state index in [0.717, 1.165) is 45.3 Å². The van der Waals surface area contributed by atoms with Gasteiger partial charge in [0.05, 0.1) is 19.3 Å². The Bertz CT molecular complexity index is 263. The van der Waals surface area contributed by atoms with Crippen molar-refractivity contribution >= 4 is 5.97 Å². The lowest BCUT2D eigenvalue weighted by molar-refractivity contribution is -0.279. The fourth-order valence-corrected chi connectivity index (χ4v) is 2.60. The molecular formula is C12H18O4. The third-order valence-electron chi connectivity index (χ3n) is 3.82. The van der Waals surface area contributed by atoms with Crippen molar-refractivity contribution in [3.63, 3.8) is 0 Å². The van der Waals surface area contributed by atoms with Crippen LogP contribution in [0.3, 0.4) is 0 Å². The Kier molecular flexibility index (Phi) is 2.64. The molecular weight excluding hydrogens is 208 g/mol. The normalized spacial score (nSPS) is 40.8. The molecule has 0 aromatic rings. The van der Waals surface area contributed by atoms with E-state index in [4.69, 9.17) is 14.2 Å². The van der Waals surface area contributed by atoms with Crippen molar-refractivity contribution in [2.75, 3.05) is 13.2 Å². The molecule has 0 aromatic carbocycles. The summed E-state index contributed by atoms with van der Waals surface area (Å²) in [7, 11) is 0. The van der Waals surface area contributed by atoms with E-state index in [1.807, 2.05) is 0 Å². The predicted molar refractivity (Wildman–Crippen MR) is 55.7 cm³/mol. The van der Waals surface area contributed by atoms with Gasteiger partial charge in [0.1, 0.15) is 0 Å². The minimum Gasteiger partial charge on any atom is -0.433 e. The van der Waals surface area contributed by atoms with Gasteiger partial charge in [-0.05, 0) is 25.2 Å². The standard InChI is InChI=1S/C12H18O4/c13-11(2-1-10-8-14-10)16-12-5-3-9(4-6-12)7-15-12/h9-10H,1-8H2. The smallest absolute Gasteiger partial charge is 0.308 e. The van der Waals surface area contributed by atoms with Gasteiger partial charge in [0.15, 0.2) is 0 Å². The summed E-state index contributed by atoms with van der Waals surface area (Å²) >= 11 is 0. The van der Waals surface area contributed by atoms with Gasteiger partial charge in [0, 0.05) is 19.3 Å². The van der Waals surface area contributed by atoms with Gasteiger partial charge in [-0.25, -0.2) is 0 Å². The SMILES string of the molecule is O=C(CCC1CO1)OC12CCC(CC1)CO2. The lowest BCUT2D eigenvalue weighted by Crippen LogP contribution is -2.48. The van der Waals surface area contributed by atoms with Gasteiger partial charge in [0.2, 0.25) is 5.79 Å². The van der Waals surface area contributed by atoms with Crippen molar-refractivity contribution < 1.29 is 19.0 Å². The number of ether oxygens (including phenoxy) is 3. The quantitative estimate of drug-likeness (QED) is 0.540. The summed E-state index contributed by atoms with van der Waals surface area (Å²) in [6.45, 7) is 1.57. The summed E-state index contributed by atoms with van der Waals surface area (Å²) in [6, 6.07) is 0. The zero-order valence-electron chi connectivity index (χ0n) is 9.44. The molecule has 2 bridgehead atoms. The summed E-state index contributed by atoms with van der Waals surface area (Å²) in [4.78, 5) is 11.7.